The van der Waals surface area contributed by atoms with Crippen molar-refractivity contribution in [1.29, 1.82) is 0 Å². The number of aryl methyl sites for hydroxylation is 2. The minimum atomic E-state index is 0.0198. The van der Waals surface area contributed by atoms with Gasteiger partial charge in [0.15, 0.2) is 0 Å². The fourth-order valence-electron chi connectivity index (χ4n) is 3.23. The fourth-order valence-corrected chi connectivity index (χ4v) is 3.23. The molecule has 0 aliphatic rings. The molecule has 0 aliphatic carbocycles. The summed E-state index contributed by atoms with van der Waals surface area (Å²) in [5.74, 6) is 0.0198. The Morgan fingerprint density at radius 1 is 0.840 bits per heavy atom. The smallest absolute Gasteiger partial charge is 0.150 e. The summed E-state index contributed by atoms with van der Waals surface area (Å²) in [7, 11) is 0. The molecule has 0 radical (unpaired) electrons. The number of hydrogen-bond acceptors (Lipinski definition) is 2. The van der Waals surface area contributed by atoms with E-state index in [2.05, 4.69) is 30.3 Å². The summed E-state index contributed by atoms with van der Waals surface area (Å²) in [6, 6.07) is 22.5. The Morgan fingerprint density at radius 3 is 2.12 bits per heavy atom. The Morgan fingerprint density at radius 2 is 1.48 bits per heavy atom. The van der Waals surface area contributed by atoms with Crippen LogP contribution in [0, 0.1) is 13.8 Å². The first-order chi connectivity index (χ1) is 12.1. The molecule has 1 unspecified atom stereocenters. The highest BCUT2D eigenvalue weighted by Crippen LogP contribution is 2.33. The number of carbonyl (C=O) groups excluding carboxylic acids is 1. The molecule has 0 amide bonds. The lowest BCUT2D eigenvalue weighted by Crippen LogP contribution is -2.06. The van der Waals surface area contributed by atoms with E-state index < -0.39 is 0 Å². The van der Waals surface area contributed by atoms with E-state index in [1.165, 1.54) is 0 Å². The lowest BCUT2D eigenvalue weighted by Gasteiger charge is -2.21. The summed E-state index contributed by atoms with van der Waals surface area (Å²) in [6.07, 6.45) is 0.912. The van der Waals surface area contributed by atoms with Gasteiger partial charge < -0.3 is 5.11 Å². The van der Waals surface area contributed by atoms with Crippen molar-refractivity contribution < 1.29 is 9.90 Å². The van der Waals surface area contributed by atoms with Crippen molar-refractivity contribution in [1.82, 2.24) is 0 Å². The van der Waals surface area contributed by atoms with E-state index in [1.54, 1.807) is 0 Å². The molecule has 2 heteroatoms. The molecule has 2 nitrogen and oxygen atoms in total. The summed E-state index contributed by atoms with van der Waals surface area (Å²) in [5.41, 5.74) is 7.05. The van der Waals surface area contributed by atoms with E-state index in [4.69, 9.17) is 0 Å². The largest absolute Gasteiger partial charge is 0.392 e. The molecular formula is C23H22O2. The van der Waals surface area contributed by atoms with Crippen LogP contribution < -0.4 is 0 Å². The lowest BCUT2D eigenvalue weighted by atomic mass is 9.83. The van der Waals surface area contributed by atoms with E-state index in [0.717, 1.165) is 39.7 Å². The van der Waals surface area contributed by atoms with Crippen LogP contribution >= 0.6 is 0 Å². The predicted octanol–water partition coefficient (Wildman–Crippen LogP) is 4.79. The molecule has 0 fully saturated rings. The number of aliphatic hydroxyl groups is 1. The van der Waals surface area contributed by atoms with Crippen LogP contribution in [0.4, 0.5) is 0 Å². The van der Waals surface area contributed by atoms with Gasteiger partial charge in [-0.25, -0.2) is 0 Å². The van der Waals surface area contributed by atoms with Gasteiger partial charge in [0.25, 0.3) is 0 Å². The van der Waals surface area contributed by atoms with Crippen LogP contribution in [0.25, 0.3) is 0 Å². The second kappa shape index (κ2) is 7.45. The summed E-state index contributed by atoms with van der Waals surface area (Å²) in [4.78, 5) is 11.4. The Hall–Kier alpha value is -2.71. The van der Waals surface area contributed by atoms with Gasteiger partial charge in [-0.2, -0.15) is 0 Å². The van der Waals surface area contributed by atoms with E-state index in [-0.39, 0.29) is 12.5 Å². The minimum absolute atomic E-state index is 0.0198. The van der Waals surface area contributed by atoms with Crippen molar-refractivity contribution >= 4 is 6.29 Å². The Balaban J connectivity index is 2.19. The van der Waals surface area contributed by atoms with E-state index in [1.807, 2.05) is 50.2 Å². The number of aliphatic hydroxyl groups excluding tert-OH is 1. The highest BCUT2D eigenvalue weighted by atomic mass is 16.3. The number of hydrogen-bond donors (Lipinski definition) is 1. The van der Waals surface area contributed by atoms with Crippen LogP contribution in [-0.2, 0) is 6.61 Å². The van der Waals surface area contributed by atoms with Crippen molar-refractivity contribution in [3.8, 4) is 0 Å². The first-order valence-electron chi connectivity index (χ1n) is 8.45. The van der Waals surface area contributed by atoms with Gasteiger partial charge in [-0.1, -0.05) is 60.7 Å². The molecule has 1 atom stereocenters. The monoisotopic (exact) mass is 330 g/mol. The quantitative estimate of drug-likeness (QED) is 0.539. The van der Waals surface area contributed by atoms with Crippen LogP contribution in [-0.4, -0.2) is 11.4 Å². The fraction of sp³-hybridized carbons (Fsp3) is 0.174. The molecule has 126 valence electrons. The average Bonchev–Trinajstić information content (AvgIpc) is 2.65. The first-order valence-corrected chi connectivity index (χ1v) is 8.45. The second-order valence-electron chi connectivity index (χ2n) is 6.42. The summed E-state index contributed by atoms with van der Waals surface area (Å²) in [6.45, 7) is 3.97. The molecule has 0 saturated heterocycles. The third-order valence-corrected chi connectivity index (χ3v) is 4.77. The van der Waals surface area contributed by atoms with Gasteiger partial charge in [0.1, 0.15) is 6.29 Å². The van der Waals surface area contributed by atoms with E-state index in [9.17, 15) is 9.90 Å². The second-order valence-corrected chi connectivity index (χ2v) is 6.42. The summed E-state index contributed by atoms with van der Waals surface area (Å²) < 4.78 is 0. The average molecular weight is 330 g/mol. The molecule has 3 rings (SSSR count). The maximum atomic E-state index is 11.4. The summed E-state index contributed by atoms with van der Waals surface area (Å²) >= 11 is 0. The van der Waals surface area contributed by atoms with E-state index >= 15 is 0 Å². The SMILES string of the molecule is Cc1ccc(C(c2ccccc2)c2ccc(C)c(CO)c2)cc1C=O. The van der Waals surface area contributed by atoms with Gasteiger partial charge >= 0.3 is 0 Å². The van der Waals surface area contributed by atoms with Crippen LogP contribution in [0.15, 0.2) is 66.7 Å². The van der Waals surface area contributed by atoms with Gasteiger partial charge in [0.2, 0.25) is 0 Å². The minimum Gasteiger partial charge on any atom is -0.392 e. The molecule has 1 N–H and O–H groups in total. The standard InChI is InChI=1S/C23H22O2/c1-16-8-10-19(12-21(16)14-24)23(18-6-4-3-5-7-18)20-11-9-17(2)22(13-20)15-25/h3-14,23,25H,15H2,1-2H3. The Bertz CT molecular complexity index is 882. The zero-order chi connectivity index (χ0) is 17.8. The third-order valence-electron chi connectivity index (χ3n) is 4.77. The molecule has 0 heterocycles. The topological polar surface area (TPSA) is 37.3 Å². The van der Waals surface area contributed by atoms with Crippen LogP contribution in [0.5, 0.6) is 0 Å². The lowest BCUT2D eigenvalue weighted by molar-refractivity contribution is 0.112. The molecule has 25 heavy (non-hydrogen) atoms. The Kier molecular flexibility index (Phi) is 5.11. The van der Waals surface area contributed by atoms with Crippen molar-refractivity contribution in [3.63, 3.8) is 0 Å². The van der Waals surface area contributed by atoms with Crippen molar-refractivity contribution in [3.05, 3.63) is 106 Å². The van der Waals surface area contributed by atoms with Crippen molar-refractivity contribution in [2.75, 3.05) is 0 Å². The van der Waals surface area contributed by atoms with Crippen molar-refractivity contribution in [2.24, 2.45) is 0 Å². The molecule has 0 aliphatic heterocycles. The summed E-state index contributed by atoms with van der Waals surface area (Å²) in [5, 5.41) is 9.64. The van der Waals surface area contributed by atoms with Crippen LogP contribution in [0.2, 0.25) is 0 Å². The number of benzene rings is 3. The van der Waals surface area contributed by atoms with Crippen LogP contribution in [0.1, 0.15) is 49.7 Å². The van der Waals surface area contributed by atoms with Crippen molar-refractivity contribution in [2.45, 2.75) is 26.4 Å². The molecular weight excluding hydrogens is 308 g/mol. The zero-order valence-electron chi connectivity index (χ0n) is 14.6. The number of carbonyl (C=O) groups is 1. The predicted molar refractivity (Wildman–Crippen MR) is 101 cm³/mol. The Labute approximate surface area is 148 Å². The number of aldehydes is 1. The van der Waals surface area contributed by atoms with Gasteiger partial charge in [-0.05, 0) is 53.3 Å². The molecule has 3 aromatic carbocycles. The highest BCUT2D eigenvalue weighted by molar-refractivity contribution is 5.77. The van der Waals surface area contributed by atoms with Gasteiger partial charge in [-0.3, -0.25) is 4.79 Å². The molecule has 0 aromatic heterocycles. The maximum Gasteiger partial charge on any atom is 0.150 e. The molecule has 0 saturated carbocycles. The van der Waals surface area contributed by atoms with Gasteiger partial charge in [-0.15, -0.1) is 0 Å². The molecule has 0 spiro atoms. The first kappa shape index (κ1) is 17.1. The third kappa shape index (κ3) is 3.54. The molecule has 0 bridgehead atoms. The van der Waals surface area contributed by atoms with Crippen LogP contribution in [0.3, 0.4) is 0 Å². The highest BCUT2D eigenvalue weighted by Gasteiger charge is 2.18. The van der Waals surface area contributed by atoms with E-state index in [0.29, 0.717) is 5.56 Å². The maximum absolute atomic E-state index is 11.4. The normalized spacial score (nSPS) is 12.0. The zero-order valence-corrected chi connectivity index (χ0v) is 14.6. The molecule has 3 aromatic rings. The van der Waals surface area contributed by atoms with Gasteiger partial charge in [0, 0.05) is 11.5 Å². The number of rotatable bonds is 5. The van der Waals surface area contributed by atoms with Gasteiger partial charge in [0.05, 0.1) is 6.61 Å².